The first kappa shape index (κ1) is 17.0. The standard InChI is InChI=1S/C12H23NO8/c14-3-5-8(16)7(15)4(13-5)1-2-6-9(17)10(18)11(19)12(20)21-6/h4-20H,1-3H2/t4-,5-,6-,7-,8-,9+,10+,11-,12?/m1/s1. The molecule has 21 heavy (non-hydrogen) atoms. The molecule has 0 radical (unpaired) electrons. The largest absolute Gasteiger partial charge is 0.395 e. The topological polar surface area (TPSA) is 163 Å². The van der Waals surface area contributed by atoms with Crippen LogP contribution in [0.1, 0.15) is 12.8 Å². The van der Waals surface area contributed by atoms with Gasteiger partial charge in [-0.05, 0) is 12.8 Å². The zero-order chi connectivity index (χ0) is 15.7. The van der Waals surface area contributed by atoms with Crippen molar-refractivity contribution in [1.82, 2.24) is 5.32 Å². The molecule has 0 saturated carbocycles. The minimum Gasteiger partial charge on any atom is -0.395 e. The van der Waals surface area contributed by atoms with Gasteiger partial charge in [0.25, 0.3) is 0 Å². The summed E-state index contributed by atoms with van der Waals surface area (Å²) in [4.78, 5) is 0. The second-order valence-corrected chi connectivity index (χ2v) is 5.66. The van der Waals surface area contributed by atoms with Gasteiger partial charge in [0.1, 0.15) is 18.3 Å². The molecule has 2 heterocycles. The van der Waals surface area contributed by atoms with Crippen LogP contribution in [-0.4, -0.2) is 97.4 Å². The van der Waals surface area contributed by atoms with Gasteiger partial charge in [-0.2, -0.15) is 0 Å². The lowest BCUT2D eigenvalue weighted by Gasteiger charge is -2.38. The van der Waals surface area contributed by atoms with Crippen molar-refractivity contribution in [3.8, 4) is 0 Å². The SMILES string of the molecule is OC[C@H]1N[C@H](CC[C@H]2OC(O)[C@H](O)[C@@H](O)[C@H]2O)[C@@H](O)[C@@H]1O. The van der Waals surface area contributed by atoms with E-state index in [1.165, 1.54) is 0 Å². The fraction of sp³-hybridized carbons (Fsp3) is 1.00. The predicted molar refractivity (Wildman–Crippen MR) is 67.9 cm³/mol. The Balaban J connectivity index is 1.88. The molecular formula is C12H23NO8. The maximum absolute atomic E-state index is 9.83. The highest BCUT2D eigenvalue weighted by atomic mass is 16.6. The average Bonchev–Trinajstić information content (AvgIpc) is 2.75. The summed E-state index contributed by atoms with van der Waals surface area (Å²) in [6.07, 6.45) is -8.64. The Kier molecular flexibility index (Phi) is 5.52. The van der Waals surface area contributed by atoms with Crippen LogP contribution in [0.2, 0.25) is 0 Å². The molecule has 2 rings (SSSR count). The third-order valence-corrected chi connectivity index (χ3v) is 4.25. The van der Waals surface area contributed by atoms with Crippen LogP contribution in [0.4, 0.5) is 0 Å². The molecule has 0 spiro atoms. The van der Waals surface area contributed by atoms with Crippen LogP contribution >= 0.6 is 0 Å². The van der Waals surface area contributed by atoms with Crippen molar-refractivity contribution in [3.05, 3.63) is 0 Å². The number of ether oxygens (including phenoxy) is 1. The van der Waals surface area contributed by atoms with Crippen molar-refractivity contribution in [3.63, 3.8) is 0 Å². The number of rotatable bonds is 4. The van der Waals surface area contributed by atoms with E-state index in [-0.39, 0.29) is 19.4 Å². The Hall–Kier alpha value is -0.360. The molecule has 2 fully saturated rings. The summed E-state index contributed by atoms with van der Waals surface area (Å²) < 4.78 is 5.03. The van der Waals surface area contributed by atoms with Gasteiger partial charge >= 0.3 is 0 Å². The molecule has 0 aromatic rings. The van der Waals surface area contributed by atoms with Gasteiger partial charge in [0, 0.05) is 6.04 Å². The second kappa shape index (κ2) is 6.82. The van der Waals surface area contributed by atoms with Gasteiger partial charge < -0.3 is 45.8 Å². The number of nitrogens with one attached hydrogen (secondary N) is 1. The lowest BCUT2D eigenvalue weighted by Crippen LogP contribution is -2.57. The second-order valence-electron chi connectivity index (χ2n) is 5.66. The van der Waals surface area contributed by atoms with Crippen molar-refractivity contribution in [1.29, 1.82) is 0 Å². The van der Waals surface area contributed by atoms with Crippen molar-refractivity contribution < 1.29 is 40.5 Å². The van der Waals surface area contributed by atoms with E-state index in [0.29, 0.717) is 0 Å². The van der Waals surface area contributed by atoms with Crippen LogP contribution in [-0.2, 0) is 4.74 Å². The molecule has 2 aliphatic heterocycles. The molecule has 9 atom stereocenters. The molecule has 0 amide bonds. The van der Waals surface area contributed by atoms with Crippen molar-refractivity contribution in [2.24, 2.45) is 0 Å². The predicted octanol–water partition coefficient (Wildman–Crippen LogP) is -4.38. The molecule has 124 valence electrons. The van der Waals surface area contributed by atoms with Gasteiger partial charge in [0.2, 0.25) is 0 Å². The summed E-state index contributed by atoms with van der Waals surface area (Å²) in [5.41, 5.74) is 0. The van der Waals surface area contributed by atoms with Gasteiger partial charge in [-0.1, -0.05) is 0 Å². The third-order valence-electron chi connectivity index (χ3n) is 4.25. The molecule has 2 saturated heterocycles. The molecule has 2 aliphatic rings. The number of hydrogen-bond donors (Lipinski definition) is 8. The van der Waals surface area contributed by atoms with E-state index < -0.39 is 55.0 Å². The van der Waals surface area contributed by atoms with Crippen molar-refractivity contribution in [2.75, 3.05) is 6.61 Å². The average molecular weight is 309 g/mol. The van der Waals surface area contributed by atoms with E-state index in [1.807, 2.05) is 0 Å². The van der Waals surface area contributed by atoms with Gasteiger partial charge in [-0.15, -0.1) is 0 Å². The monoisotopic (exact) mass is 309 g/mol. The first-order valence-electron chi connectivity index (χ1n) is 6.97. The summed E-state index contributed by atoms with van der Waals surface area (Å²) in [6.45, 7) is -0.319. The van der Waals surface area contributed by atoms with Gasteiger partial charge in [0.05, 0.1) is 31.0 Å². The third kappa shape index (κ3) is 3.36. The van der Waals surface area contributed by atoms with Crippen LogP contribution in [0.3, 0.4) is 0 Å². The quantitative estimate of drug-likeness (QED) is 0.256. The minimum absolute atomic E-state index is 0.182. The molecule has 9 nitrogen and oxygen atoms in total. The number of aliphatic hydroxyl groups excluding tert-OH is 7. The van der Waals surface area contributed by atoms with Crippen LogP contribution in [0.25, 0.3) is 0 Å². The first-order valence-corrected chi connectivity index (χ1v) is 6.97. The molecule has 0 bridgehead atoms. The lowest BCUT2D eigenvalue weighted by molar-refractivity contribution is -0.283. The molecule has 8 N–H and O–H groups in total. The smallest absolute Gasteiger partial charge is 0.183 e. The summed E-state index contributed by atoms with van der Waals surface area (Å²) >= 11 is 0. The highest BCUT2D eigenvalue weighted by Crippen LogP contribution is 2.25. The van der Waals surface area contributed by atoms with Gasteiger partial charge in [-0.25, -0.2) is 0 Å². The van der Waals surface area contributed by atoms with Crippen molar-refractivity contribution >= 4 is 0 Å². The van der Waals surface area contributed by atoms with E-state index in [0.717, 1.165) is 0 Å². The summed E-state index contributed by atoms with van der Waals surface area (Å²) in [5.74, 6) is 0. The maximum atomic E-state index is 9.83. The Morgan fingerprint density at radius 3 is 1.90 bits per heavy atom. The van der Waals surface area contributed by atoms with Crippen LogP contribution in [0.15, 0.2) is 0 Å². The summed E-state index contributed by atoms with van der Waals surface area (Å²) in [7, 11) is 0. The van der Waals surface area contributed by atoms with Crippen LogP contribution < -0.4 is 5.32 Å². The number of hydrogen-bond acceptors (Lipinski definition) is 9. The van der Waals surface area contributed by atoms with E-state index in [1.54, 1.807) is 0 Å². The molecule has 0 aromatic carbocycles. The zero-order valence-electron chi connectivity index (χ0n) is 11.4. The Morgan fingerprint density at radius 2 is 1.33 bits per heavy atom. The fourth-order valence-corrected chi connectivity index (χ4v) is 2.88. The maximum Gasteiger partial charge on any atom is 0.183 e. The molecule has 9 heteroatoms. The highest BCUT2D eigenvalue weighted by molar-refractivity contribution is 4.98. The Morgan fingerprint density at radius 1 is 0.714 bits per heavy atom. The minimum atomic E-state index is -1.59. The van der Waals surface area contributed by atoms with Gasteiger partial charge in [-0.3, -0.25) is 0 Å². The lowest BCUT2D eigenvalue weighted by atomic mass is 9.93. The number of aliphatic hydroxyl groups is 7. The molecule has 0 aromatic heterocycles. The van der Waals surface area contributed by atoms with Crippen LogP contribution in [0, 0.1) is 0 Å². The normalized spacial score (nSPS) is 51.3. The Labute approximate surface area is 121 Å². The summed E-state index contributed by atoms with van der Waals surface area (Å²) in [5, 5.41) is 69.6. The van der Waals surface area contributed by atoms with E-state index in [9.17, 15) is 30.6 Å². The van der Waals surface area contributed by atoms with Crippen molar-refractivity contribution in [2.45, 2.75) is 67.8 Å². The van der Waals surface area contributed by atoms with Gasteiger partial charge in [0.15, 0.2) is 6.29 Å². The fourth-order valence-electron chi connectivity index (χ4n) is 2.88. The highest BCUT2D eigenvalue weighted by Gasteiger charge is 2.44. The zero-order valence-corrected chi connectivity index (χ0v) is 11.4. The molecule has 0 aliphatic carbocycles. The van der Waals surface area contributed by atoms with E-state index >= 15 is 0 Å². The van der Waals surface area contributed by atoms with E-state index in [2.05, 4.69) is 5.32 Å². The molecule has 1 unspecified atom stereocenters. The first-order chi connectivity index (χ1) is 9.86. The molecular weight excluding hydrogens is 286 g/mol. The van der Waals surface area contributed by atoms with E-state index in [4.69, 9.17) is 9.84 Å². The summed E-state index contributed by atoms with van der Waals surface area (Å²) in [6, 6.07) is -1.13. The Bertz CT molecular complexity index is 345. The van der Waals surface area contributed by atoms with Crippen LogP contribution in [0.5, 0.6) is 0 Å².